The first-order chi connectivity index (χ1) is 8.22. The molecule has 2 unspecified atom stereocenters. The van der Waals surface area contributed by atoms with E-state index < -0.39 is 0 Å². The summed E-state index contributed by atoms with van der Waals surface area (Å²) >= 11 is 0. The highest BCUT2D eigenvalue weighted by atomic mass is 16.5. The molecule has 1 aromatic heterocycles. The van der Waals surface area contributed by atoms with E-state index >= 15 is 0 Å². The van der Waals surface area contributed by atoms with Crippen molar-refractivity contribution in [1.82, 2.24) is 9.78 Å². The molecule has 2 atom stereocenters. The Morgan fingerprint density at radius 2 is 2.24 bits per heavy atom. The van der Waals surface area contributed by atoms with Crippen LogP contribution in [0.1, 0.15) is 59.8 Å². The minimum atomic E-state index is 0.141. The maximum absolute atomic E-state index is 11.8. The average Bonchev–Trinajstić information content (AvgIpc) is 2.96. The molecule has 17 heavy (non-hydrogen) atoms. The van der Waals surface area contributed by atoms with E-state index in [4.69, 9.17) is 4.74 Å². The first-order valence-electron chi connectivity index (χ1n) is 6.32. The Labute approximate surface area is 101 Å². The van der Waals surface area contributed by atoms with Crippen LogP contribution in [-0.4, -0.2) is 29.3 Å². The van der Waals surface area contributed by atoms with Gasteiger partial charge >= 0.3 is 0 Å². The van der Waals surface area contributed by atoms with Crippen LogP contribution < -0.4 is 0 Å². The summed E-state index contributed by atoms with van der Waals surface area (Å²) in [6.07, 6.45) is 3.69. The summed E-state index contributed by atoms with van der Waals surface area (Å²) in [7, 11) is 1.67. The van der Waals surface area contributed by atoms with Gasteiger partial charge < -0.3 is 4.74 Å². The van der Waals surface area contributed by atoms with Crippen LogP contribution >= 0.6 is 0 Å². The van der Waals surface area contributed by atoms with Crippen molar-refractivity contribution in [1.29, 1.82) is 0 Å². The highest BCUT2D eigenvalue weighted by molar-refractivity contribution is 5.94. The Hall–Kier alpha value is -1.16. The zero-order chi connectivity index (χ0) is 12.0. The van der Waals surface area contributed by atoms with E-state index in [1.54, 1.807) is 14.0 Å². The smallest absolute Gasteiger partial charge is 0.178 e. The molecule has 3 rings (SSSR count). The minimum absolute atomic E-state index is 0.141. The highest BCUT2D eigenvalue weighted by Gasteiger charge is 2.42. The van der Waals surface area contributed by atoms with E-state index in [0.717, 1.165) is 5.69 Å². The number of rotatable bonds is 4. The molecule has 4 nitrogen and oxygen atoms in total. The van der Waals surface area contributed by atoms with Crippen LogP contribution in [-0.2, 0) is 11.3 Å². The zero-order valence-corrected chi connectivity index (χ0v) is 10.4. The van der Waals surface area contributed by atoms with Crippen molar-refractivity contribution in [3.63, 3.8) is 0 Å². The topological polar surface area (TPSA) is 44.1 Å². The number of carbonyl (C=O) groups is 1. The molecule has 92 valence electrons. The Bertz CT molecular complexity index is 464. The third kappa shape index (κ3) is 1.54. The molecule has 0 amide bonds. The summed E-state index contributed by atoms with van der Waals surface area (Å²) in [5, 5.41) is 4.65. The van der Waals surface area contributed by atoms with Gasteiger partial charge in [-0.3, -0.25) is 9.48 Å². The van der Waals surface area contributed by atoms with Gasteiger partial charge in [0.2, 0.25) is 0 Å². The molecule has 1 aromatic rings. The lowest BCUT2D eigenvalue weighted by Crippen LogP contribution is -2.14. The molecule has 0 aliphatic heterocycles. The lowest BCUT2D eigenvalue weighted by molar-refractivity contribution is 0.0998. The first-order valence-corrected chi connectivity index (χ1v) is 6.32. The summed E-state index contributed by atoms with van der Waals surface area (Å²) in [6.45, 7) is 2.93. The number of hydrogen-bond acceptors (Lipinski definition) is 3. The number of ether oxygens (including phenoxy) is 1. The van der Waals surface area contributed by atoms with Gasteiger partial charge in [-0.1, -0.05) is 0 Å². The van der Waals surface area contributed by atoms with Crippen molar-refractivity contribution in [2.24, 2.45) is 0 Å². The third-order valence-electron chi connectivity index (χ3n) is 4.09. The lowest BCUT2D eigenvalue weighted by atomic mass is 9.94. The van der Waals surface area contributed by atoms with E-state index in [-0.39, 0.29) is 5.78 Å². The maximum atomic E-state index is 11.8. The fourth-order valence-corrected chi connectivity index (χ4v) is 3.40. The molecule has 0 saturated heterocycles. The van der Waals surface area contributed by atoms with Crippen LogP contribution in [0.25, 0.3) is 0 Å². The Morgan fingerprint density at radius 1 is 1.47 bits per heavy atom. The zero-order valence-electron chi connectivity index (χ0n) is 10.4. The van der Waals surface area contributed by atoms with E-state index in [9.17, 15) is 4.79 Å². The molecule has 0 radical (unpaired) electrons. The predicted octanol–water partition coefficient (Wildman–Crippen LogP) is 2.10. The van der Waals surface area contributed by atoms with Gasteiger partial charge in [-0.05, 0) is 25.2 Å². The van der Waals surface area contributed by atoms with Gasteiger partial charge in [0, 0.05) is 25.5 Å². The van der Waals surface area contributed by atoms with Crippen molar-refractivity contribution in [3.8, 4) is 0 Å². The summed E-state index contributed by atoms with van der Waals surface area (Å²) in [6, 6.07) is 0. The molecule has 2 aliphatic rings. The van der Waals surface area contributed by atoms with E-state index in [1.807, 2.05) is 4.68 Å². The number of nitrogens with zero attached hydrogens (tertiary/aromatic N) is 2. The minimum Gasteiger partial charge on any atom is -0.383 e. The van der Waals surface area contributed by atoms with Gasteiger partial charge in [0.05, 0.1) is 18.8 Å². The number of fused-ring (bicyclic) bond motifs is 5. The number of carbonyl (C=O) groups excluding carboxylic acids is 1. The molecule has 2 aliphatic carbocycles. The summed E-state index contributed by atoms with van der Waals surface area (Å²) in [4.78, 5) is 11.8. The van der Waals surface area contributed by atoms with Gasteiger partial charge in [-0.25, -0.2) is 0 Å². The second kappa shape index (κ2) is 3.95. The SMILES string of the molecule is COCCn1nc2c(c1C(C)=O)C1CCC2C1. The van der Waals surface area contributed by atoms with Crippen LogP contribution in [0.3, 0.4) is 0 Å². The molecule has 0 spiro atoms. The fourth-order valence-electron chi connectivity index (χ4n) is 3.40. The van der Waals surface area contributed by atoms with Gasteiger partial charge in [0.1, 0.15) is 5.69 Å². The molecule has 1 heterocycles. The van der Waals surface area contributed by atoms with Crippen molar-refractivity contribution >= 4 is 5.78 Å². The molecule has 1 saturated carbocycles. The van der Waals surface area contributed by atoms with Crippen molar-refractivity contribution < 1.29 is 9.53 Å². The largest absolute Gasteiger partial charge is 0.383 e. The average molecular weight is 234 g/mol. The Kier molecular flexibility index (Phi) is 2.54. The number of aromatic nitrogens is 2. The normalized spacial score (nSPS) is 25.3. The van der Waals surface area contributed by atoms with Crippen LogP contribution in [0.4, 0.5) is 0 Å². The molecular weight excluding hydrogens is 216 g/mol. The molecule has 0 aromatic carbocycles. The highest BCUT2D eigenvalue weighted by Crippen LogP contribution is 2.53. The van der Waals surface area contributed by atoms with Gasteiger partial charge in [-0.15, -0.1) is 0 Å². The standard InChI is InChI=1S/C13H18N2O2/c1-8(16)13-11-9-3-4-10(7-9)12(11)14-15(13)5-6-17-2/h9-10H,3-7H2,1-2H3. The first kappa shape index (κ1) is 11.0. The Morgan fingerprint density at radius 3 is 2.94 bits per heavy atom. The van der Waals surface area contributed by atoms with Gasteiger partial charge in [0.15, 0.2) is 5.78 Å². The molecular formula is C13H18N2O2. The second-order valence-electron chi connectivity index (χ2n) is 5.13. The molecule has 0 N–H and O–H groups in total. The van der Waals surface area contributed by atoms with Crippen LogP contribution in [0.2, 0.25) is 0 Å². The van der Waals surface area contributed by atoms with Crippen molar-refractivity contribution in [2.75, 3.05) is 13.7 Å². The van der Waals surface area contributed by atoms with Crippen LogP contribution in [0, 0.1) is 0 Å². The van der Waals surface area contributed by atoms with Gasteiger partial charge in [-0.2, -0.15) is 5.10 Å². The number of Topliss-reactive ketones (excluding diaryl/α,β-unsaturated/α-hetero) is 1. The van der Waals surface area contributed by atoms with Crippen LogP contribution in [0.15, 0.2) is 0 Å². The number of ketones is 1. The maximum Gasteiger partial charge on any atom is 0.178 e. The summed E-state index contributed by atoms with van der Waals surface area (Å²) in [5.41, 5.74) is 3.29. The molecule has 2 bridgehead atoms. The molecule has 1 fully saturated rings. The quantitative estimate of drug-likeness (QED) is 0.749. The van der Waals surface area contributed by atoms with Crippen LogP contribution in [0.5, 0.6) is 0 Å². The summed E-state index contributed by atoms with van der Waals surface area (Å²) < 4.78 is 6.94. The van der Waals surface area contributed by atoms with E-state index in [0.29, 0.717) is 25.0 Å². The summed E-state index contributed by atoms with van der Waals surface area (Å²) in [5.74, 6) is 1.34. The molecule has 4 heteroatoms. The number of methoxy groups -OCH3 is 1. The monoisotopic (exact) mass is 234 g/mol. The Balaban J connectivity index is 2.03. The third-order valence-corrected chi connectivity index (χ3v) is 4.09. The van der Waals surface area contributed by atoms with E-state index in [2.05, 4.69) is 5.10 Å². The van der Waals surface area contributed by atoms with Crippen molar-refractivity contribution in [2.45, 2.75) is 44.6 Å². The fraction of sp³-hybridized carbons (Fsp3) is 0.692. The second-order valence-corrected chi connectivity index (χ2v) is 5.13. The van der Waals surface area contributed by atoms with Gasteiger partial charge in [0.25, 0.3) is 0 Å². The van der Waals surface area contributed by atoms with E-state index in [1.165, 1.54) is 30.5 Å². The predicted molar refractivity (Wildman–Crippen MR) is 63.4 cm³/mol. The number of hydrogen-bond donors (Lipinski definition) is 0. The van der Waals surface area contributed by atoms with Crippen molar-refractivity contribution in [3.05, 3.63) is 17.0 Å². The lowest BCUT2D eigenvalue weighted by Gasteiger charge is -2.10.